The second-order valence-electron chi connectivity index (χ2n) is 6.86. The summed E-state index contributed by atoms with van der Waals surface area (Å²) in [6.45, 7) is 2.47. The van der Waals surface area contributed by atoms with Gasteiger partial charge in [-0.3, -0.25) is 4.79 Å². The summed E-state index contributed by atoms with van der Waals surface area (Å²) in [7, 11) is -1.57. The Hall–Kier alpha value is -2.34. The van der Waals surface area contributed by atoms with Crippen molar-refractivity contribution < 1.29 is 17.9 Å². The first-order valence-corrected chi connectivity index (χ1v) is 11.0. The third-order valence-corrected chi connectivity index (χ3v) is 6.78. The summed E-state index contributed by atoms with van der Waals surface area (Å²) in [5, 5.41) is 0. The fourth-order valence-electron chi connectivity index (χ4n) is 3.44. The number of carbonyl (C=O) groups excluding carboxylic acids is 1. The fraction of sp³-hybridized carbons (Fsp3) is 0.381. The molecule has 2 aromatic carbocycles. The van der Waals surface area contributed by atoms with Crippen LogP contribution >= 0.6 is 0 Å². The predicted molar refractivity (Wildman–Crippen MR) is 106 cm³/mol. The minimum Gasteiger partial charge on any atom is -0.496 e. The fourth-order valence-corrected chi connectivity index (χ4v) is 5.17. The zero-order valence-electron chi connectivity index (χ0n) is 15.7. The van der Waals surface area contributed by atoms with Gasteiger partial charge in [0.1, 0.15) is 5.75 Å². The minimum absolute atomic E-state index is 0.0148. The standard InChI is InChI=1S/C21H25NO4S/c1-3-16-8-10-17(11-9-16)14-22(18-12-13-27(24,25)15-18)21(23)19-6-4-5-7-20(19)26-2/h4-11,18H,3,12-15H2,1-2H3/t18-/m0/s1. The average molecular weight is 388 g/mol. The number of carbonyl (C=O) groups is 1. The van der Waals surface area contributed by atoms with Gasteiger partial charge in [0.2, 0.25) is 0 Å². The first-order chi connectivity index (χ1) is 12.9. The van der Waals surface area contributed by atoms with Crippen LogP contribution in [0.3, 0.4) is 0 Å². The lowest BCUT2D eigenvalue weighted by Gasteiger charge is -2.29. The van der Waals surface area contributed by atoms with Crippen LogP contribution in [0.5, 0.6) is 5.75 Å². The lowest BCUT2D eigenvalue weighted by molar-refractivity contribution is 0.0677. The smallest absolute Gasteiger partial charge is 0.258 e. The monoisotopic (exact) mass is 387 g/mol. The summed E-state index contributed by atoms with van der Waals surface area (Å²) >= 11 is 0. The molecule has 0 unspecified atom stereocenters. The molecule has 1 atom stereocenters. The summed E-state index contributed by atoms with van der Waals surface area (Å²) < 4.78 is 29.3. The van der Waals surface area contributed by atoms with E-state index in [2.05, 4.69) is 6.92 Å². The van der Waals surface area contributed by atoms with E-state index in [0.717, 1.165) is 12.0 Å². The van der Waals surface area contributed by atoms with E-state index < -0.39 is 9.84 Å². The Labute approximate surface area is 160 Å². The highest BCUT2D eigenvalue weighted by atomic mass is 32.2. The molecule has 27 heavy (non-hydrogen) atoms. The summed E-state index contributed by atoms with van der Waals surface area (Å²) in [4.78, 5) is 15.0. The number of amides is 1. The molecule has 1 amide bonds. The number of hydrogen-bond acceptors (Lipinski definition) is 4. The third-order valence-electron chi connectivity index (χ3n) is 5.03. The molecule has 0 spiro atoms. The summed E-state index contributed by atoms with van der Waals surface area (Å²) in [5.41, 5.74) is 2.67. The zero-order valence-corrected chi connectivity index (χ0v) is 16.5. The van der Waals surface area contributed by atoms with Crippen LogP contribution < -0.4 is 4.74 Å². The second-order valence-corrected chi connectivity index (χ2v) is 9.09. The van der Waals surface area contributed by atoms with Gasteiger partial charge in [0.25, 0.3) is 5.91 Å². The van der Waals surface area contributed by atoms with Crippen LogP contribution in [0.2, 0.25) is 0 Å². The number of rotatable bonds is 6. The van der Waals surface area contributed by atoms with Crippen LogP contribution in [-0.2, 0) is 22.8 Å². The highest BCUT2D eigenvalue weighted by Crippen LogP contribution is 2.26. The number of aryl methyl sites for hydroxylation is 1. The van der Waals surface area contributed by atoms with Crippen LogP contribution in [0, 0.1) is 0 Å². The van der Waals surface area contributed by atoms with Crippen molar-refractivity contribution in [1.82, 2.24) is 4.90 Å². The number of hydrogen-bond donors (Lipinski definition) is 0. The van der Waals surface area contributed by atoms with E-state index >= 15 is 0 Å². The summed E-state index contributed by atoms with van der Waals surface area (Å²) in [5.74, 6) is 0.437. The van der Waals surface area contributed by atoms with Gasteiger partial charge in [-0.15, -0.1) is 0 Å². The van der Waals surface area contributed by atoms with Gasteiger partial charge >= 0.3 is 0 Å². The molecule has 1 aliphatic rings. The summed E-state index contributed by atoms with van der Waals surface area (Å²) in [6.07, 6.45) is 1.42. The van der Waals surface area contributed by atoms with Crippen molar-refractivity contribution in [3.8, 4) is 5.75 Å². The first-order valence-electron chi connectivity index (χ1n) is 9.15. The molecule has 0 aromatic heterocycles. The van der Waals surface area contributed by atoms with Crippen molar-refractivity contribution in [3.05, 3.63) is 65.2 Å². The normalized spacial score (nSPS) is 18.2. The van der Waals surface area contributed by atoms with E-state index in [-0.39, 0.29) is 23.5 Å². The molecular formula is C21H25NO4S. The molecule has 1 aliphatic heterocycles. The lowest BCUT2D eigenvalue weighted by atomic mass is 10.1. The van der Waals surface area contributed by atoms with Crippen molar-refractivity contribution in [3.63, 3.8) is 0 Å². The molecule has 144 valence electrons. The van der Waals surface area contributed by atoms with E-state index in [1.807, 2.05) is 30.3 Å². The number of ether oxygens (including phenoxy) is 1. The summed E-state index contributed by atoms with van der Waals surface area (Å²) in [6, 6.07) is 14.8. The molecule has 6 heteroatoms. The zero-order chi connectivity index (χ0) is 19.4. The van der Waals surface area contributed by atoms with Crippen LogP contribution in [0.15, 0.2) is 48.5 Å². The molecule has 0 radical (unpaired) electrons. The van der Waals surface area contributed by atoms with Gasteiger partial charge < -0.3 is 9.64 Å². The molecule has 0 saturated carbocycles. The average Bonchev–Trinajstić information content (AvgIpc) is 3.05. The Bertz CT molecular complexity index is 906. The molecule has 1 saturated heterocycles. The maximum absolute atomic E-state index is 13.3. The topological polar surface area (TPSA) is 63.7 Å². The Balaban J connectivity index is 1.92. The van der Waals surface area contributed by atoms with Gasteiger partial charge in [-0.1, -0.05) is 43.3 Å². The first kappa shape index (κ1) is 19.4. The Morgan fingerprint density at radius 2 is 1.78 bits per heavy atom. The van der Waals surface area contributed by atoms with Gasteiger partial charge in [0.05, 0.1) is 24.2 Å². The van der Waals surface area contributed by atoms with E-state index in [9.17, 15) is 13.2 Å². The molecular weight excluding hydrogens is 362 g/mol. The quantitative estimate of drug-likeness (QED) is 0.764. The molecule has 5 nitrogen and oxygen atoms in total. The SMILES string of the molecule is CCc1ccc(CN(C(=O)c2ccccc2OC)[C@H]2CCS(=O)(=O)C2)cc1. The molecule has 1 heterocycles. The van der Waals surface area contributed by atoms with Gasteiger partial charge in [0.15, 0.2) is 9.84 Å². The van der Waals surface area contributed by atoms with Gasteiger partial charge in [-0.25, -0.2) is 8.42 Å². The van der Waals surface area contributed by atoms with Crippen molar-refractivity contribution in [1.29, 1.82) is 0 Å². The number of sulfone groups is 1. The number of para-hydroxylation sites is 1. The number of benzene rings is 2. The molecule has 0 bridgehead atoms. The van der Waals surface area contributed by atoms with Crippen LogP contribution in [-0.4, -0.2) is 43.9 Å². The second kappa shape index (κ2) is 8.13. The molecule has 0 aliphatic carbocycles. The third kappa shape index (κ3) is 4.50. The molecule has 1 fully saturated rings. The maximum atomic E-state index is 13.3. The van der Waals surface area contributed by atoms with Crippen LogP contribution in [0.1, 0.15) is 34.8 Å². The van der Waals surface area contributed by atoms with Gasteiger partial charge in [-0.05, 0) is 36.1 Å². The highest BCUT2D eigenvalue weighted by Gasteiger charge is 2.35. The van der Waals surface area contributed by atoms with Crippen molar-refractivity contribution in [2.75, 3.05) is 18.6 Å². The van der Waals surface area contributed by atoms with Crippen molar-refractivity contribution >= 4 is 15.7 Å². The Morgan fingerprint density at radius 1 is 1.11 bits per heavy atom. The van der Waals surface area contributed by atoms with E-state index in [1.165, 1.54) is 12.7 Å². The van der Waals surface area contributed by atoms with Gasteiger partial charge in [-0.2, -0.15) is 0 Å². The highest BCUT2D eigenvalue weighted by molar-refractivity contribution is 7.91. The van der Waals surface area contributed by atoms with Crippen LogP contribution in [0.25, 0.3) is 0 Å². The number of methoxy groups -OCH3 is 1. The van der Waals surface area contributed by atoms with E-state index in [1.54, 1.807) is 23.1 Å². The molecule has 3 rings (SSSR count). The largest absolute Gasteiger partial charge is 0.496 e. The van der Waals surface area contributed by atoms with E-state index in [0.29, 0.717) is 24.3 Å². The number of nitrogens with zero attached hydrogens (tertiary/aromatic N) is 1. The van der Waals surface area contributed by atoms with E-state index in [4.69, 9.17) is 4.74 Å². The predicted octanol–water partition coefficient (Wildman–Crippen LogP) is 3.09. The Kier molecular flexibility index (Phi) is 5.85. The van der Waals surface area contributed by atoms with Crippen molar-refractivity contribution in [2.45, 2.75) is 32.4 Å². The van der Waals surface area contributed by atoms with Gasteiger partial charge in [0, 0.05) is 12.6 Å². The maximum Gasteiger partial charge on any atom is 0.258 e. The molecule has 2 aromatic rings. The van der Waals surface area contributed by atoms with Crippen molar-refractivity contribution in [2.24, 2.45) is 0 Å². The molecule has 0 N–H and O–H groups in total. The van der Waals surface area contributed by atoms with Crippen LogP contribution in [0.4, 0.5) is 0 Å². The Morgan fingerprint density at radius 3 is 2.37 bits per heavy atom. The lowest BCUT2D eigenvalue weighted by Crippen LogP contribution is -2.40. The minimum atomic E-state index is -3.10.